The molecule has 6 heteroatoms. The highest BCUT2D eigenvalue weighted by Gasteiger charge is 2.08. The predicted octanol–water partition coefficient (Wildman–Crippen LogP) is 3.51. The molecule has 0 radical (unpaired) electrons. The minimum absolute atomic E-state index is 0.101. The van der Waals surface area contributed by atoms with Crippen LogP contribution in [0.1, 0.15) is 11.4 Å². The Morgan fingerprint density at radius 2 is 2.16 bits per heavy atom. The van der Waals surface area contributed by atoms with Crippen LogP contribution in [0.25, 0.3) is 0 Å². The molecular formula is C13H12IN3O2. The molecule has 19 heavy (non-hydrogen) atoms. The van der Waals surface area contributed by atoms with Crippen LogP contribution < -0.4 is 5.32 Å². The Kier molecular flexibility index (Phi) is 4.31. The van der Waals surface area contributed by atoms with E-state index in [0.717, 1.165) is 20.6 Å². The van der Waals surface area contributed by atoms with Crippen LogP contribution in [0.3, 0.4) is 0 Å². The summed E-state index contributed by atoms with van der Waals surface area (Å²) in [6.45, 7) is 2.54. The lowest BCUT2D eigenvalue weighted by atomic mass is 10.2. The predicted molar refractivity (Wildman–Crippen MR) is 82.1 cm³/mol. The molecule has 0 bridgehead atoms. The van der Waals surface area contributed by atoms with E-state index < -0.39 is 4.92 Å². The van der Waals surface area contributed by atoms with E-state index in [-0.39, 0.29) is 5.69 Å². The van der Waals surface area contributed by atoms with Gasteiger partial charge in [-0.1, -0.05) is 6.07 Å². The minimum Gasteiger partial charge on any atom is -0.379 e. The zero-order valence-corrected chi connectivity index (χ0v) is 12.4. The van der Waals surface area contributed by atoms with Crippen molar-refractivity contribution in [1.29, 1.82) is 0 Å². The number of benzene rings is 1. The highest BCUT2D eigenvalue weighted by molar-refractivity contribution is 14.1. The van der Waals surface area contributed by atoms with Crippen LogP contribution in [0.15, 0.2) is 36.4 Å². The molecule has 1 aromatic heterocycles. The minimum atomic E-state index is -0.395. The number of nitrogens with zero attached hydrogens (tertiary/aromatic N) is 2. The third kappa shape index (κ3) is 3.63. The standard InChI is InChI=1S/C13H12IN3O2/c1-9-3-2-4-10(16-9)8-15-13-6-5-11(17(18)19)7-12(13)14/h2-7,15H,8H2,1H3. The number of halogens is 1. The van der Waals surface area contributed by atoms with Gasteiger partial charge in [-0.25, -0.2) is 0 Å². The SMILES string of the molecule is Cc1cccc(CNc2ccc([N+](=O)[O-])cc2I)n1. The maximum atomic E-state index is 10.7. The van der Waals surface area contributed by atoms with Crippen molar-refractivity contribution in [2.75, 3.05) is 5.32 Å². The van der Waals surface area contributed by atoms with Gasteiger partial charge in [0.05, 0.1) is 17.2 Å². The summed E-state index contributed by atoms with van der Waals surface area (Å²) in [5.41, 5.74) is 2.88. The highest BCUT2D eigenvalue weighted by Crippen LogP contribution is 2.23. The number of nitro groups is 1. The summed E-state index contributed by atoms with van der Waals surface area (Å²) in [6, 6.07) is 10.6. The Hall–Kier alpha value is -1.70. The van der Waals surface area contributed by atoms with Crippen molar-refractivity contribution in [3.05, 3.63) is 61.5 Å². The van der Waals surface area contributed by atoms with E-state index >= 15 is 0 Å². The molecule has 1 N–H and O–H groups in total. The van der Waals surface area contributed by atoms with Crippen LogP contribution in [-0.4, -0.2) is 9.91 Å². The molecule has 98 valence electrons. The van der Waals surface area contributed by atoms with E-state index in [4.69, 9.17) is 0 Å². The normalized spacial score (nSPS) is 10.2. The second-order valence-electron chi connectivity index (χ2n) is 4.05. The maximum absolute atomic E-state index is 10.7. The fraction of sp³-hybridized carbons (Fsp3) is 0.154. The summed E-state index contributed by atoms with van der Waals surface area (Å²) in [5.74, 6) is 0. The number of nitro benzene ring substituents is 1. The number of nitrogens with one attached hydrogen (secondary N) is 1. The first-order valence-electron chi connectivity index (χ1n) is 5.66. The van der Waals surface area contributed by atoms with Crippen LogP contribution >= 0.6 is 22.6 Å². The average molecular weight is 369 g/mol. The summed E-state index contributed by atoms with van der Waals surface area (Å²) < 4.78 is 0.819. The molecule has 2 rings (SSSR count). The molecule has 1 heterocycles. The van der Waals surface area contributed by atoms with E-state index in [1.54, 1.807) is 12.1 Å². The lowest BCUT2D eigenvalue weighted by Gasteiger charge is -2.08. The quantitative estimate of drug-likeness (QED) is 0.509. The first kappa shape index (κ1) is 13.7. The Morgan fingerprint density at radius 3 is 2.79 bits per heavy atom. The number of non-ortho nitro benzene ring substituents is 1. The highest BCUT2D eigenvalue weighted by atomic mass is 127. The molecule has 5 nitrogen and oxygen atoms in total. The molecule has 0 amide bonds. The van der Waals surface area contributed by atoms with Gasteiger partial charge >= 0.3 is 0 Å². The molecule has 0 aliphatic carbocycles. The number of rotatable bonds is 4. The first-order chi connectivity index (χ1) is 9.06. The molecule has 0 atom stereocenters. The van der Waals surface area contributed by atoms with Crippen molar-refractivity contribution in [3.63, 3.8) is 0 Å². The summed E-state index contributed by atoms with van der Waals surface area (Å²) in [5, 5.41) is 13.9. The number of pyridine rings is 1. The Labute approximate surface area is 124 Å². The van der Waals surface area contributed by atoms with Crippen LogP contribution in [0.5, 0.6) is 0 Å². The van der Waals surface area contributed by atoms with Crippen LogP contribution in [0.4, 0.5) is 11.4 Å². The van der Waals surface area contributed by atoms with Crippen molar-refractivity contribution in [2.45, 2.75) is 13.5 Å². The van der Waals surface area contributed by atoms with E-state index in [2.05, 4.69) is 32.9 Å². The number of anilines is 1. The molecule has 2 aromatic rings. The lowest BCUT2D eigenvalue weighted by Crippen LogP contribution is -2.03. The molecule has 0 unspecified atom stereocenters. The summed E-state index contributed by atoms with van der Waals surface area (Å²) in [6.07, 6.45) is 0. The van der Waals surface area contributed by atoms with E-state index in [1.165, 1.54) is 6.07 Å². The first-order valence-corrected chi connectivity index (χ1v) is 6.74. The van der Waals surface area contributed by atoms with E-state index in [1.807, 2.05) is 25.1 Å². The zero-order valence-electron chi connectivity index (χ0n) is 10.3. The average Bonchev–Trinajstić information content (AvgIpc) is 2.37. The van der Waals surface area contributed by atoms with Gasteiger partial charge in [0.2, 0.25) is 0 Å². The van der Waals surface area contributed by atoms with Gasteiger partial charge in [0.25, 0.3) is 5.69 Å². The number of aryl methyl sites for hydroxylation is 1. The molecule has 0 saturated carbocycles. The van der Waals surface area contributed by atoms with Crippen LogP contribution in [0, 0.1) is 20.6 Å². The van der Waals surface area contributed by atoms with E-state index in [9.17, 15) is 10.1 Å². The van der Waals surface area contributed by atoms with Gasteiger partial charge in [0.1, 0.15) is 0 Å². The molecule has 1 aromatic carbocycles. The van der Waals surface area contributed by atoms with E-state index in [0.29, 0.717) is 6.54 Å². The van der Waals surface area contributed by atoms with Crippen LogP contribution in [0.2, 0.25) is 0 Å². The number of aromatic nitrogens is 1. The zero-order chi connectivity index (χ0) is 13.8. The summed E-state index contributed by atoms with van der Waals surface area (Å²) in [7, 11) is 0. The molecule has 0 saturated heterocycles. The second-order valence-corrected chi connectivity index (χ2v) is 5.21. The summed E-state index contributed by atoms with van der Waals surface area (Å²) in [4.78, 5) is 14.6. The van der Waals surface area contributed by atoms with Crippen molar-refractivity contribution in [2.24, 2.45) is 0 Å². The van der Waals surface area contributed by atoms with Gasteiger partial charge in [0, 0.05) is 27.1 Å². The fourth-order valence-corrected chi connectivity index (χ4v) is 2.33. The third-order valence-corrected chi connectivity index (χ3v) is 3.46. The van der Waals surface area contributed by atoms with Gasteiger partial charge < -0.3 is 5.32 Å². The van der Waals surface area contributed by atoms with Gasteiger partial charge in [-0.15, -0.1) is 0 Å². The van der Waals surface area contributed by atoms with Gasteiger partial charge in [-0.3, -0.25) is 15.1 Å². The second kappa shape index (κ2) is 5.96. The number of hydrogen-bond donors (Lipinski definition) is 1. The largest absolute Gasteiger partial charge is 0.379 e. The van der Waals surface area contributed by atoms with Crippen molar-refractivity contribution in [3.8, 4) is 0 Å². The maximum Gasteiger partial charge on any atom is 0.270 e. The Bertz CT molecular complexity index is 617. The van der Waals surface area contributed by atoms with Gasteiger partial charge in [-0.05, 0) is 47.7 Å². The summed E-state index contributed by atoms with van der Waals surface area (Å²) >= 11 is 2.08. The molecule has 0 fully saturated rings. The van der Waals surface area contributed by atoms with Crippen molar-refractivity contribution >= 4 is 34.0 Å². The monoisotopic (exact) mass is 369 g/mol. The molecular weight excluding hydrogens is 357 g/mol. The molecule has 0 aliphatic heterocycles. The lowest BCUT2D eigenvalue weighted by molar-refractivity contribution is -0.384. The Balaban J connectivity index is 2.10. The van der Waals surface area contributed by atoms with Crippen molar-refractivity contribution < 1.29 is 4.92 Å². The molecule has 0 aliphatic rings. The fourth-order valence-electron chi connectivity index (χ4n) is 1.64. The smallest absolute Gasteiger partial charge is 0.270 e. The third-order valence-electron chi connectivity index (χ3n) is 2.57. The topological polar surface area (TPSA) is 68.1 Å². The van der Waals surface area contributed by atoms with Gasteiger partial charge in [-0.2, -0.15) is 0 Å². The number of hydrogen-bond acceptors (Lipinski definition) is 4. The Morgan fingerprint density at radius 1 is 1.37 bits per heavy atom. The van der Waals surface area contributed by atoms with Crippen LogP contribution in [-0.2, 0) is 6.54 Å². The van der Waals surface area contributed by atoms with Crippen molar-refractivity contribution in [1.82, 2.24) is 4.98 Å². The van der Waals surface area contributed by atoms with Gasteiger partial charge in [0.15, 0.2) is 0 Å². The molecule has 0 spiro atoms.